The third-order valence-electron chi connectivity index (χ3n) is 4.70. The average molecular weight is 346 g/mol. The molecule has 1 aliphatic carbocycles. The highest BCUT2D eigenvalue weighted by molar-refractivity contribution is 7.80. The van der Waals surface area contributed by atoms with Crippen molar-refractivity contribution in [3.05, 3.63) is 29.3 Å². The van der Waals surface area contributed by atoms with Gasteiger partial charge in [0.05, 0.1) is 13.2 Å². The normalized spacial score (nSPS) is 32.9. The summed E-state index contributed by atoms with van der Waals surface area (Å²) in [5.41, 5.74) is 0.402. The summed E-state index contributed by atoms with van der Waals surface area (Å²) >= 11 is 4.52. The van der Waals surface area contributed by atoms with E-state index in [1.807, 2.05) is 0 Å². The second-order valence-electron chi connectivity index (χ2n) is 6.23. The zero-order valence-corrected chi connectivity index (χ0v) is 14.4. The average Bonchev–Trinajstić information content (AvgIpc) is 2.53. The van der Waals surface area contributed by atoms with Gasteiger partial charge in [0.15, 0.2) is 6.29 Å². The molecule has 1 saturated carbocycles. The van der Waals surface area contributed by atoms with Crippen molar-refractivity contribution in [1.29, 1.82) is 0 Å². The van der Waals surface area contributed by atoms with Gasteiger partial charge in [-0.3, -0.25) is 0 Å². The smallest absolute Gasteiger partial charge is 0.184 e. The van der Waals surface area contributed by atoms with E-state index in [0.717, 1.165) is 25.7 Å². The summed E-state index contributed by atoms with van der Waals surface area (Å²) in [6, 6.07) is 2.56. The van der Waals surface area contributed by atoms with E-state index in [0.29, 0.717) is 35.9 Å². The molecule has 6 heteroatoms. The molecule has 0 spiro atoms. The van der Waals surface area contributed by atoms with Gasteiger partial charge in [-0.25, -0.2) is 8.78 Å². The van der Waals surface area contributed by atoms with Crippen molar-refractivity contribution in [1.82, 2.24) is 0 Å². The largest absolute Gasteiger partial charge is 0.348 e. The van der Waals surface area contributed by atoms with Crippen LogP contribution in [-0.2, 0) is 9.47 Å². The fourth-order valence-electron chi connectivity index (χ4n) is 3.30. The van der Waals surface area contributed by atoms with Crippen molar-refractivity contribution < 1.29 is 18.3 Å². The van der Waals surface area contributed by atoms with Gasteiger partial charge in [-0.1, -0.05) is 9.24 Å². The summed E-state index contributed by atoms with van der Waals surface area (Å²) in [6.07, 6.45) is 3.91. The molecule has 0 aromatic heterocycles. The first-order valence-corrected chi connectivity index (χ1v) is 8.79. The lowest BCUT2D eigenvalue weighted by molar-refractivity contribution is -0.214. The Morgan fingerprint density at radius 2 is 1.50 bits per heavy atom. The third-order valence-corrected chi connectivity index (χ3v) is 5.77. The van der Waals surface area contributed by atoms with Crippen LogP contribution in [0.2, 0.25) is 0 Å². The van der Waals surface area contributed by atoms with Crippen molar-refractivity contribution in [3.8, 4) is 0 Å². The maximum Gasteiger partial charge on any atom is 0.184 e. The predicted molar refractivity (Wildman–Crippen MR) is 88.6 cm³/mol. The van der Waals surface area contributed by atoms with E-state index in [4.69, 9.17) is 9.47 Å². The van der Waals surface area contributed by atoms with Gasteiger partial charge >= 0.3 is 0 Å². The Morgan fingerprint density at radius 1 is 0.955 bits per heavy atom. The predicted octanol–water partition coefficient (Wildman–Crippen LogP) is 3.62. The number of hydrogen-bond donors (Lipinski definition) is 1. The van der Waals surface area contributed by atoms with E-state index in [9.17, 15) is 8.78 Å². The minimum atomic E-state index is -0.674. The van der Waals surface area contributed by atoms with Crippen LogP contribution in [0.5, 0.6) is 0 Å². The van der Waals surface area contributed by atoms with Gasteiger partial charge in [0.25, 0.3) is 0 Å². The van der Waals surface area contributed by atoms with Crippen molar-refractivity contribution >= 4 is 27.2 Å². The highest BCUT2D eigenvalue weighted by atomic mass is 32.1. The van der Waals surface area contributed by atoms with E-state index >= 15 is 0 Å². The maximum atomic E-state index is 13.6. The monoisotopic (exact) mass is 346 g/mol. The Labute approximate surface area is 137 Å². The van der Waals surface area contributed by atoms with Crippen molar-refractivity contribution in [2.24, 2.45) is 11.8 Å². The molecule has 122 valence electrons. The molecule has 0 bridgehead atoms. The quantitative estimate of drug-likeness (QED) is 0.651. The molecule has 2 fully saturated rings. The zero-order chi connectivity index (χ0) is 15.7. The minimum Gasteiger partial charge on any atom is -0.348 e. The number of rotatable bonds is 2. The molecule has 2 nitrogen and oxygen atoms in total. The summed E-state index contributed by atoms with van der Waals surface area (Å²) in [6.45, 7) is 1.16. The summed E-state index contributed by atoms with van der Waals surface area (Å²) in [7, 11) is 2.06. The molecule has 1 aromatic rings. The number of thiol groups is 1. The van der Waals surface area contributed by atoms with Crippen molar-refractivity contribution in [3.63, 3.8) is 0 Å². The molecule has 1 atom stereocenters. The third kappa shape index (κ3) is 3.64. The molecule has 1 heterocycles. The minimum absolute atomic E-state index is 0.0547. The second-order valence-corrected chi connectivity index (χ2v) is 7.53. The van der Waals surface area contributed by atoms with Crippen LogP contribution in [0.15, 0.2) is 12.1 Å². The van der Waals surface area contributed by atoms with E-state index in [1.54, 1.807) is 0 Å². The maximum absolute atomic E-state index is 13.6. The Balaban J connectivity index is 1.60. The van der Waals surface area contributed by atoms with E-state index in [2.05, 4.69) is 21.9 Å². The van der Waals surface area contributed by atoms with Crippen LogP contribution in [0.4, 0.5) is 8.78 Å². The standard InChI is InChI=1S/C16H21F2O2PS/c17-13-5-10(6-14(18)15(13)21)16-19-7-11(8-20-16)9-1-3-12(22)4-2-9/h5-6,9,11-12,16,22H,1-4,7-8,21H2. The summed E-state index contributed by atoms with van der Waals surface area (Å²) < 4.78 is 38.7. The van der Waals surface area contributed by atoms with Crippen molar-refractivity contribution in [2.75, 3.05) is 13.2 Å². The van der Waals surface area contributed by atoms with Crippen LogP contribution in [0, 0.1) is 23.5 Å². The van der Waals surface area contributed by atoms with Gasteiger partial charge < -0.3 is 9.47 Å². The first-order valence-electron chi connectivity index (χ1n) is 7.70. The van der Waals surface area contributed by atoms with E-state index in [-0.39, 0.29) is 5.30 Å². The second kappa shape index (κ2) is 7.12. The van der Waals surface area contributed by atoms with E-state index in [1.165, 1.54) is 12.1 Å². The highest BCUT2D eigenvalue weighted by Gasteiger charge is 2.32. The van der Waals surface area contributed by atoms with Crippen LogP contribution in [0.1, 0.15) is 37.5 Å². The Kier molecular flexibility index (Phi) is 5.39. The highest BCUT2D eigenvalue weighted by Crippen LogP contribution is 2.36. The number of halogens is 2. The first-order chi connectivity index (χ1) is 10.5. The molecule has 0 N–H and O–H groups in total. The lowest BCUT2D eigenvalue weighted by atomic mass is 9.80. The van der Waals surface area contributed by atoms with Crippen LogP contribution in [0.25, 0.3) is 0 Å². The van der Waals surface area contributed by atoms with Crippen LogP contribution >= 0.6 is 21.9 Å². The molecule has 3 rings (SSSR count). The Hall–Kier alpha value is -0.220. The number of ether oxygens (including phenoxy) is 2. The van der Waals surface area contributed by atoms with Gasteiger partial charge in [-0.15, -0.1) is 0 Å². The molecular formula is C16H21F2O2PS. The lowest BCUT2D eigenvalue weighted by Crippen LogP contribution is -2.34. The number of benzene rings is 1. The summed E-state index contributed by atoms with van der Waals surface area (Å²) in [5, 5.41) is 0.465. The fourth-order valence-corrected chi connectivity index (χ4v) is 3.76. The molecule has 1 unspecified atom stereocenters. The lowest BCUT2D eigenvalue weighted by Gasteiger charge is -2.37. The van der Waals surface area contributed by atoms with Gasteiger partial charge in [-0.2, -0.15) is 12.6 Å². The van der Waals surface area contributed by atoms with Gasteiger partial charge in [-0.05, 0) is 43.7 Å². The molecule has 0 amide bonds. The van der Waals surface area contributed by atoms with Gasteiger partial charge in [0.2, 0.25) is 0 Å². The summed E-state index contributed by atoms with van der Waals surface area (Å²) in [5.74, 6) is -0.220. The molecule has 1 aliphatic heterocycles. The van der Waals surface area contributed by atoms with Gasteiger partial charge in [0.1, 0.15) is 11.6 Å². The Morgan fingerprint density at radius 3 is 2.05 bits per heavy atom. The van der Waals surface area contributed by atoms with Crippen LogP contribution in [-0.4, -0.2) is 18.5 Å². The van der Waals surface area contributed by atoms with Crippen LogP contribution < -0.4 is 5.30 Å². The number of hydrogen-bond acceptors (Lipinski definition) is 3. The first kappa shape index (κ1) is 16.6. The summed E-state index contributed by atoms with van der Waals surface area (Å²) in [4.78, 5) is 0. The zero-order valence-electron chi connectivity index (χ0n) is 12.3. The van der Waals surface area contributed by atoms with Gasteiger partial charge in [0, 0.05) is 22.0 Å². The van der Waals surface area contributed by atoms with E-state index < -0.39 is 17.9 Å². The van der Waals surface area contributed by atoms with Crippen molar-refractivity contribution in [2.45, 2.75) is 37.2 Å². The molecule has 2 aliphatic rings. The SMILES string of the molecule is Fc1cc(C2OCC(C3CCC(S)CC3)CO2)cc(F)c1P. The molecule has 0 radical (unpaired) electrons. The topological polar surface area (TPSA) is 18.5 Å². The van der Waals surface area contributed by atoms with Crippen LogP contribution in [0.3, 0.4) is 0 Å². The molecule has 22 heavy (non-hydrogen) atoms. The molecule has 1 aromatic carbocycles. The molecular weight excluding hydrogens is 325 g/mol. The molecule has 1 saturated heterocycles. The Bertz CT molecular complexity index is 504. The fraction of sp³-hybridized carbons (Fsp3) is 0.625.